The van der Waals surface area contributed by atoms with Gasteiger partial charge in [-0.05, 0) is 117 Å². The van der Waals surface area contributed by atoms with E-state index in [2.05, 4.69) is 12.7 Å². The predicted octanol–water partition coefficient (Wildman–Crippen LogP) is 7.40. The first-order chi connectivity index (χ1) is 13.0. The van der Waals surface area contributed by atoms with E-state index in [1.54, 1.807) is 0 Å². The van der Waals surface area contributed by atoms with Crippen LogP contribution >= 0.6 is 0 Å². The Bertz CT molecular complexity index is 651. The van der Waals surface area contributed by atoms with Crippen LogP contribution in [-0.4, -0.2) is 0 Å². The highest BCUT2D eigenvalue weighted by molar-refractivity contribution is 5.24. The van der Waals surface area contributed by atoms with Gasteiger partial charge in [-0.2, -0.15) is 0 Å². The van der Waals surface area contributed by atoms with Crippen LogP contribution in [0.5, 0.6) is 0 Å². The van der Waals surface area contributed by atoms with E-state index < -0.39 is 17.5 Å². The summed E-state index contributed by atoms with van der Waals surface area (Å²) in [6.07, 6.45) is 14.5. The fraction of sp³-hybridized carbons (Fsp3) is 0.667. The lowest BCUT2D eigenvalue weighted by Crippen LogP contribution is -2.34. The summed E-state index contributed by atoms with van der Waals surface area (Å²) in [4.78, 5) is 0. The molecule has 1 aromatic rings. The number of halogens is 3. The molecule has 0 saturated heterocycles. The van der Waals surface area contributed by atoms with Crippen LogP contribution in [0.2, 0.25) is 0 Å². The summed E-state index contributed by atoms with van der Waals surface area (Å²) in [5, 5.41) is 0. The molecule has 1 aromatic carbocycles. The van der Waals surface area contributed by atoms with Crippen LogP contribution in [-0.2, 0) is 0 Å². The van der Waals surface area contributed by atoms with E-state index in [0.29, 0.717) is 11.5 Å². The summed E-state index contributed by atoms with van der Waals surface area (Å²) in [5.41, 5.74) is 0.648. The Morgan fingerprint density at radius 2 is 1.22 bits per heavy atom. The van der Waals surface area contributed by atoms with E-state index in [4.69, 9.17) is 0 Å². The summed E-state index contributed by atoms with van der Waals surface area (Å²) in [6.45, 7) is 3.96. The van der Waals surface area contributed by atoms with E-state index in [0.717, 1.165) is 42.9 Å². The molecule has 0 heterocycles. The van der Waals surface area contributed by atoms with Gasteiger partial charge >= 0.3 is 0 Å². The molecule has 3 aliphatic rings. The molecule has 0 nitrogen and oxygen atoms in total. The number of rotatable bonds is 3. The second-order valence-corrected chi connectivity index (χ2v) is 9.31. The van der Waals surface area contributed by atoms with Crippen molar-refractivity contribution in [1.82, 2.24) is 0 Å². The molecule has 0 spiro atoms. The van der Waals surface area contributed by atoms with Crippen molar-refractivity contribution >= 4 is 0 Å². The molecule has 4 atom stereocenters. The zero-order chi connectivity index (χ0) is 19.0. The summed E-state index contributed by atoms with van der Waals surface area (Å²) < 4.78 is 40.5. The zero-order valence-corrected chi connectivity index (χ0v) is 16.1. The van der Waals surface area contributed by atoms with Crippen LogP contribution in [0.15, 0.2) is 24.8 Å². The Morgan fingerprint density at radius 1 is 0.704 bits per heavy atom. The molecule has 0 N–H and O–H groups in total. The molecule has 3 aliphatic carbocycles. The van der Waals surface area contributed by atoms with Gasteiger partial charge in [-0.3, -0.25) is 0 Å². The van der Waals surface area contributed by atoms with Crippen molar-refractivity contribution in [2.24, 2.45) is 29.6 Å². The third-order valence-electron chi connectivity index (χ3n) is 7.95. The lowest BCUT2D eigenvalue weighted by molar-refractivity contribution is 0.0747. The van der Waals surface area contributed by atoms with Crippen molar-refractivity contribution in [1.29, 1.82) is 0 Å². The Balaban J connectivity index is 1.36. The number of allylic oxidation sites excluding steroid dienone is 1. The van der Waals surface area contributed by atoms with Crippen molar-refractivity contribution in [3.8, 4) is 0 Å². The number of hydrogen-bond acceptors (Lipinski definition) is 0. The molecule has 0 bridgehead atoms. The molecule has 4 rings (SSSR count). The monoisotopic (exact) mass is 376 g/mol. The smallest absolute Gasteiger partial charge is 0.194 e. The molecule has 148 valence electrons. The fourth-order valence-electron chi connectivity index (χ4n) is 6.32. The molecule has 3 saturated carbocycles. The van der Waals surface area contributed by atoms with Gasteiger partial charge in [0.1, 0.15) is 0 Å². The lowest BCUT2D eigenvalue weighted by atomic mass is 9.60. The summed E-state index contributed by atoms with van der Waals surface area (Å²) >= 11 is 0. The van der Waals surface area contributed by atoms with Crippen molar-refractivity contribution in [3.05, 3.63) is 47.8 Å². The fourth-order valence-corrected chi connectivity index (χ4v) is 6.32. The van der Waals surface area contributed by atoms with Crippen LogP contribution in [0.4, 0.5) is 13.2 Å². The van der Waals surface area contributed by atoms with Crippen LogP contribution in [0.25, 0.3) is 0 Å². The van der Waals surface area contributed by atoms with E-state index in [1.807, 2.05) is 0 Å². The van der Waals surface area contributed by atoms with E-state index in [-0.39, 0.29) is 5.92 Å². The molecule has 3 heteroatoms. The van der Waals surface area contributed by atoms with Crippen molar-refractivity contribution < 1.29 is 13.2 Å². The summed E-state index contributed by atoms with van der Waals surface area (Å²) in [5.74, 6) is 0.651. The number of fused-ring (bicyclic) bond motifs is 1. The van der Waals surface area contributed by atoms with Crippen LogP contribution in [0.3, 0.4) is 0 Å². The minimum absolute atomic E-state index is 0.176. The summed E-state index contributed by atoms with van der Waals surface area (Å²) in [6, 6.07) is 2.43. The van der Waals surface area contributed by atoms with Crippen LogP contribution in [0.1, 0.15) is 75.7 Å². The first kappa shape index (κ1) is 19.1. The largest absolute Gasteiger partial charge is 0.204 e. The van der Waals surface area contributed by atoms with E-state index >= 15 is 0 Å². The first-order valence-corrected chi connectivity index (χ1v) is 10.8. The molecule has 3 fully saturated rings. The quantitative estimate of drug-likeness (QED) is 0.381. The van der Waals surface area contributed by atoms with Gasteiger partial charge < -0.3 is 0 Å². The molecule has 0 aromatic heterocycles. The van der Waals surface area contributed by atoms with E-state index in [1.165, 1.54) is 57.1 Å². The van der Waals surface area contributed by atoms with Gasteiger partial charge in [0, 0.05) is 0 Å². The second kappa shape index (κ2) is 8.01. The van der Waals surface area contributed by atoms with Gasteiger partial charge in [-0.1, -0.05) is 6.08 Å². The van der Waals surface area contributed by atoms with Crippen molar-refractivity contribution in [2.75, 3.05) is 0 Å². The maximum atomic E-state index is 13.6. The second-order valence-electron chi connectivity index (χ2n) is 9.31. The van der Waals surface area contributed by atoms with Crippen molar-refractivity contribution in [2.45, 2.75) is 70.1 Å². The Hall–Kier alpha value is -1.25. The van der Waals surface area contributed by atoms with Gasteiger partial charge in [0.15, 0.2) is 17.5 Å². The molecule has 0 amide bonds. The average Bonchev–Trinajstić information content (AvgIpc) is 2.71. The zero-order valence-electron chi connectivity index (χ0n) is 16.1. The third-order valence-corrected chi connectivity index (χ3v) is 7.95. The maximum Gasteiger partial charge on any atom is 0.194 e. The highest BCUT2D eigenvalue weighted by Gasteiger charge is 2.39. The Morgan fingerprint density at radius 3 is 1.85 bits per heavy atom. The van der Waals surface area contributed by atoms with Gasteiger partial charge in [0.05, 0.1) is 0 Å². The highest BCUT2D eigenvalue weighted by atomic mass is 19.2. The number of hydrogen-bond donors (Lipinski definition) is 0. The molecule has 4 unspecified atom stereocenters. The molecular formula is C24H31F3. The van der Waals surface area contributed by atoms with Crippen LogP contribution < -0.4 is 0 Å². The van der Waals surface area contributed by atoms with Gasteiger partial charge in [0.25, 0.3) is 0 Å². The molecule has 0 aliphatic heterocycles. The normalized spacial score (nSPS) is 36.9. The van der Waals surface area contributed by atoms with Gasteiger partial charge in [-0.25, -0.2) is 13.2 Å². The topological polar surface area (TPSA) is 0 Å². The maximum absolute atomic E-state index is 13.6. The SMILES string of the molecule is C=CC1CCC(C2CCC3CC(c4cc(F)c(F)c(F)c4)CCC3C2)CC1. The minimum atomic E-state index is -1.35. The Kier molecular flexibility index (Phi) is 5.66. The van der Waals surface area contributed by atoms with Crippen molar-refractivity contribution in [3.63, 3.8) is 0 Å². The third kappa shape index (κ3) is 3.98. The lowest BCUT2D eigenvalue weighted by Gasteiger charge is -2.45. The first-order valence-electron chi connectivity index (χ1n) is 10.8. The number of benzene rings is 1. The minimum Gasteiger partial charge on any atom is -0.204 e. The van der Waals surface area contributed by atoms with Gasteiger partial charge in [0.2, 0.25) is 0 Å². The van der Waals surface area contributed by atoms with E-state index in [9.17, 15) is 13.2 Å². The van der Waals surface area contributed by atoms with Crippen LogP contribution in [0, 0.1) is 47.0 Å². The average molecular weight is 377 g/mol. The summed E-state index contributed by atoms with van der Waals surface area (Å²) in [7, 11) is 0. The van der Waals surface area contributed by atoms with Gasteiger partial charge in [-0.15, -0.1) is 6.58 Å². The Labute approximate surface area is 161 Å². The predicted molar refractivity (Wildman–Crippen MR) is 103 cm³/mol. The molecular weight excluding hydrogens is 345 g/mol. The standard InChI is InChI=1S/C24H31F3/c1-2-15-3-5-16(6-4-15)17-7-8-19-12-20(10-9-18(19)11-17)21-13-22(25)24(27)23(26)14-21/h2,13-20H,1,3-12H2. The molecule has 27 heavy (non-hydrogen) atoms. The molecule has 0 radical (unpaired) electrons. The highest BCUT2D eigenvalue weighted by Crippen LogP contribution is 2.51.